The molecule has 5 nitrogen and oxygen atoms in total. The Labute approximate surface area is 192 Å². The monoisotopic (exact) mass is 482 g/mol. The van der Waals surface area contributed by atoms with E-state index < -0.39 is 29.3 Å². The van der Waals surface area contributed by atoms with E-state index in [0.717, 1.165) is 4.68 Å². The fraction of sp³-hybridized carbons (Fsp3) is 0.217. The Hall–Kier alpha value is -3.33. The molecule has 33 heavy (non-hydrogen) atoms. The molecule has 0 radical (unpaired) electrons. The second kappa shape index (κ2) is 10.5. The Bertz CT molecular complexity index is 1160. The van der Waals surface area contributed by atoms with Crippen LogP contribution < -0.4 is 9.47 Å². The normalized spacial score (nSPS) is 11.5. The number of benzene rings is 2. The van der Waals surface area contributed by atoms with Crippen LogP contribution in [-0.2, 0) is 6.54 Å². The van der Waals surface area contributed by atoms with Crippen molar-refractivity contribution < 1.29 is 31.8 Å². The van der Waals surface area contributed by atoms with E-state index >= 15 is 0 Å². The van der Waals surface area contributed by atoms with Crippen LogP contribution in [0.25, 0.3) is 6.08 Å². The molecule has 0 N–H and O–H groups in total. The Morgan fingerprint density at radius 2 is 1.76 bits per heavy atom. The number of methoxy groups -OCH3 is 2. The van der Waals surface area contributed by atoms with Crippen molar-refractivity contribution in [2.75, 3.05) is 14.2 Å². The van der Waals surface area contributed by atoms with Crippen LogP contribution >= 0.6 is 11.6 Å². The first-order valence-electron chi connectivity index (χ1n) is 9.61. The fourth-order valence-corrected chi connectivity index (χ4v) is 3.45. The second-order valence-electron chi connectivity index (χ2n) is 6.84. The van der Waals surface area contributed by atoms with Gasteiger partial charge in [0.1, 0.15) is 22.9 Å². The molecular weight excluding hydrogens is 464 g/mol. The molecule has 1 heterocycles. The maximum Gasteiger partial charge on any atom is 0.283 e. The minimum absolute atomic E-state index is 0.254. The maximum atomic E-state index is 13.5. The lowest BCUT2D eigenvalue weighted by Crippen LogP contribution is -2.08. The number of carbonyl (C=O) groups is 1. The summed E-state index contributed by atoms with van der Waals surface area (Å²) in [6.45, 7) is -0.288. The van der Waals surface area contributed by atoms with Gasteiger partial charge in [-0.3, -0.25) is 9.48 Å². The van der Waals surface area contributed by atoms with Gasteiger partial charge in [0.2, 0.25) is 0 Å². The molecule has 174 valence electrons. The zero-order valence-electron chi connectivity index (χ0n) is 17.6. The molecule has 2 aromatic carbocycles. The second-order valence-corrected chi connectivity index (χ2v) is 7.22. The lowest BCUT2D eigenvalue weighted by atomic mass is 10.1. The van der Waals surface area contributed by atoms with E-state index in [0.29, 0.717) is 28.2 Å². The predicted molar refractivity (Wildman–Crippen MR) is 116 cm³/mol. The molecule has 0 fully saturated rings. The van der Waals surface area contributed by atoms with Crippen molar-refractivity contribution in [3.05, 3.63) is 81.6 Å². The smallest absolute Gasteiger partial charge is 0.283 e. The number of ketones is 1. The van der Waals surface area contributed by atoms with Gasteiger partial charge in [-0.25, -0.2) is 17.6 Å². The number of carbonyl (C=O) groups excluding carboxylic acids is 1. The summed E-state index contributed by atoms with van der Waals surface area (Å²) < 4.78 is 64.2. The van der Waals surface area contributed by atoms with Gasteiger partial charge >= 0.3 is 0 Å². The van der Waals surface area contributed by atoms with Crippen LogP contribution in [0.4, 0.5) is 17.6 Å². The van der Waals surface area contributed by atoms with Gasteiger partial charge in [-0.05, 0) is 48.0 Å². The summed E-state index contributed by atoms with van der Waals surface area (Å²) in [6.07, 6.45) is -3.30. The highest BCUT2D eigenvalue weighted by atomic mass is 35.5. The average molecular weight is 483 g/mol. The van der Waals surface area contributed by atoms with Crippen LogP contribution in [0.5, 0.6) is 11.5 Å². The number of halogens is 5. The van der Waals surface area contributed by atoms with E-state index in [2.05, 4.69) is 5.10 Å². The van der Waals surface area contributed by atoms with Crippen molar-refractivity contribution in [3.63, 3.8) is 0 Å². The van der Waals surface area contributed by atoms with Crippen LogP contribution in [0.1, 0.15) is 45.7 Å². The lowest BCUT2D eigenvalue weighted by molar-refractivity contribution is 0.104. The summed E-state index contributed by atoms with van der Waals surface area (Å²) in [6, 6.07) is 11.4. The summed E-state index contributed by atoms with van der Waals surface area (Å²) in [7, 11) is 2.91. The summed E-state index contributed by atoms with van der Waals surface area (Å²) in [5.74, 6) is 0.696. The molecule has 0 saturated heterocycles. The topological polar surface area (TPSA) is 53.4 Å². The van der Waals surface area contributed by atoms with E-state index in [1.54, 1.807) is 48.5 Å². The Morgan fingerprint density at radius 3 is 2.33 bits per heavy atom. The number of hydrogen-bond acceptors (Lipinski definition) is 4. The zero-order valence-corrected chi connectivity index (χ0v) is 18.3. The Balaban J connectivity index is 1.89. The zero-order chi connectivity index (χ0) is 24.1. The minimum Gasteiger partial charge on any atom is -0.497 e. The van der Waals surface area contributed by atoms with Gasteiger partial charge in [0, 0.05) is 11.1 Å². The van der Waals surface area contributed by atoms with Crippen LogP contribution in [-0.4, -0.2) is 29.8 Å². The number of aromatic nitrogens is 2. The van der Waals surface area contributed by atoms with Gasteiger partial charge in [-0.15, -0.1) is 0 Å². The quantitative estimate of drug-likeness (QED) is 0.202. The molecule has 3 rings (SSSR count). The van der Waals surface area contributed by atoms with Crippen LogP contribution in [0.3, 0.4) is 0 Å². The van der Waals surface area contributed by atoms with Gasteiger partial charge in [0.25, 0.3) is 12.9 Å². The van der Waals surface area contributed by atoms with Gasteiger partial charge in [-0.1, -0.05) is 23.7 Å². The Morgan fingerprint density at radius 1 is 1.06 bits per heavy atom. The summed E-state index contributed by atoms with van der Waals surface area (Å²) in [5.41, 5.74) is -0.304. The molecule has 0 aliphatic rings. The third-order valence-electron chi connectivity index (χ3n) is 4.80. The van der Waals surface area contributed by atoms with Crippen LogP contribution in [0.2, 0.25) is 5.02 Å². The highest BCUT2D eigenvalue weighted by molar-refractivity contribution is 6.32. The summed E-state index contributed by atoms with van der Waals surface area (Å²) in [5, 5.41) is 2.81. The molecule has 0 amide bonds. The molecule has 0 bridgehead atoms. The first-order valence-corrected chi connectivity index (χ1v) is 9.98. The highest BCUT2D eigenvalue weighted by Gasteiger charge is 2.28. The van der Waals surface area contributed by atoms with Crippen LogP contribution in [0, 0.1) is 0 Å². The lowest BCUT2D eigenvalue weighted by Gasteiger charge is -2.12. The van der Waals surface area contributed by atoms with Crippen molar-refractivity contribution in [1.29, 1.82) is 0 Å². The van der Waals surface area contributed by atoms with E-state index in [1.807, 2.05) is 0 Å². The predicted octanol–water partition coefficient (Wildman–Crippen LogP) is 6.37. The van der Waals surface area contributed by atoms with E-state index in [1.165, 1.54) is 20.3 Å². The van der Waals surface area contributed by atoms with Crippen molar-refractivity contribution in [2.24, 2.45) is 0 Å². The summed E-state index contributed by atoms with van der Waals surface area (Å²) in [4.78, 5) is 12.4. The molecule has 0 spiro atoms. The molecule has 0 aliphatic heterocycles. The molecule has 0 aliphatic carbocycles. The molecule has 10 heteroatoms. The fourth-order valence-electron chi connectivity index (χ4n) is 3.15. The van der Waals surface area contributed by atoms with Gasteiger partial charge in [0.05, 0.1) is 25.8 Å². The number of hydrogen-bond donors (Lipinski definition) is 0. The highest BCUT2D eigenvalue weighted by Crippen LogP contribution is 2.35. The number of allylic oxidation sites excluding steroid dienone is 1. The van der Waals surface area contributed by atoms with E-state index in [9.17, 15) is 22.4 Å². The largest absolute Gasteiger partial charge is 0.497 e. The van der Waals surface area contributed by atoms with Crippen molar-refractivity contribution in [1.82, 2.24) is 9.78 Å². The summed E-state index contributed by atoms with van der Waals surface area (Å²) >= 11 is 5.72. The SMILES string of the molecule is COc1ccc(C(=O)/C=C/c2ccc(OC)c(Cn3nc(C(F)F)c(Cl)c3C(F)F)c2)cc1. The van der Waals surface area contributed by atoms with Crippen LogP contribution in [0.15, 0.2) is 48.5 Å². The van der Waals surface area contributed by atoms with Gasteiger partial charge < -0.3 is 9.47 Å². The average Bonchev–Trinajstić information content (AvgIpc) is 3.13. The number of nitrogens with zero attached hydrogens (tertiary/aromatic N) is 2. The molecule has 0 unspecified atom stereocenters. The maximum absolute atomic E-state index is 13.5. The van der Waals surface area contributed by atoms with Crippen molar-refractivity contribution in [3.8, 4) is 11.5 Å². The third-order valence-corrected chi connectivity index (χ3v) is 5.18. The van der Waals surface area contributed by atoms with Gasteiger partial charge in [-0.2, -0.15) is 5.10 Å². The standard InChI is InChI=1S/C23H19ClF4N2O3/c1-32-16-7-5-14(6-8-16)17(31)9-3-13-4-10-18(33-2)15(11-13)12-30-21(23(27)28)19(24)20(29-30)22(25)26/h3-11,22-23H,12H2,1-2H3/b9-3+. The molecule has 1 aromatic heterocycles. The van der Waals surface area contributed by atoms with E-state index in [4.69, 9.17) is 21.1 Å². The van der Waals surface area contributed by atoms with Crippen molar-refractivity contribution in [2.45, 2.75) is 19.4 Å². The molecular formula is C23H19ClF4N2O3. The number of alkyl halides is 4. The van der Waals surface area contributed by atoms with Crippen molar-refractivity contribution >= 4 is 23.5 Å². The minimum atomic E-state index is -3.10. The molecule has 0 atom stereocenters. The number of rotatable bonds is 9. The first kappa shape index (κ1) is 24.3. The van der Waals surface area contributed by atoms with E-state index in [-0.39, 0.29) is 12.3 Å². The molecule has 3 aromatic rings. The van der Waals surface area contributed by atoms with Gasteiger partial charge in [0.15, 0.2) is 5.78 Å². The first-order chi connectivity index (χ1) is 15.7. The Kier molecular flexibility index (Phi) is 7.75. The molecule has 0 saturated carbocycles. The third kappa shape index (κ3) is 5.54. The number of ether oxygens (including phenoxy) is 2.